The maximum atomic E-state index is 13.4. The van der Waals surface area contributed by atoms with Crippen LogP contribution in [-0.2, 0) is 0 Å². The van der Waals surface area contributed by atoms with Crippen LogP contribution >= 0.6 is 0 Å². The van der Waals surface area contributed by atoms with E-state index in [4.69, 9.17) is 9.26 Å². The Kier molecular flexibility index (Phi) is 4.82. The second-order valence-corrected chi connectivity index (χ2v) is 6.43. The molecule has 0 spiro atoms. The molecule has 3 aromatic rings. The number of ether oxygens (including phenoxy) is 1. The zero-order valence-electron chi connectivity index (χ0n) is 14.5. The van der Waals surface area contributed by atoms with E-state index in [9.17, 15) is 9.18 Å². The molecule has 0 radical (unpaired) electrons. The number of hydrogen-bond donors (Lipinski definition) is 0. The van der Waals surface area contributed by atoms with Gasteiger partial charge in [-0.2, -0.15) is 4.98 Å². The maximum absolute atomic E-state index is 13.4. The minimum Gasteiger partial charge on any atom is -0.422 e. The number of benzene rings is 2. The van der Waals surface area contributed by atoms with E-state index in [1.807, 2.05) is 18.2 Å². The molecule has 27 heavy (non-hydrogen) atoms. The molecule has 0 unspecified atom stereocenters. The van der Waals surface area contributed by atoms with E-state index >= 15 is 0 Å². The van der Waals surface area contributed by atoms with E-state index < -0.39 is 5.82 Å². The highest BCUT2D eigenvalue weighted by Gasteiger charge is 2.29. The van der Waals surface area contributed by atoms with Crippen molar-refractivity contribution >= 4 is 5.91 Å². The van der Waals surface area contributed by atoms with E-state index in [1.165, 1.54) is 18.2 Å². The fourth-order valence-corrected chi connectivity index (χ4v) is 3.19. The molecule has 1 saturated heterocycles. The smallest absolute Gasteiger partial charge is 0.359 e. The summed E-state index contributed by atoms with van der Waals surface area (Å²) in [5.41, 5.74) is 0.342. The third-order valence-corrected chi connectivity index (χ3v) is 4.50. The number of aromatic nitrogens is 2. The first-order valence-corrected chi connectivity index (χ1v) is 8.80. The van der Waals surface area contributed by atoms with Crippen LogP contribution in [0.15, 0.2) is 59.1 Å². The van der Waals surface area contributed by atoms with Gasteiger partial charge in [-0.25, -0.2) is 4.39 Å². The van der Waals surface area contributed by atoms with Crippen molar-refractivity contribution in [3.05, 3.63) is 71.9 Å². The summed E-state index contributed by atoms with van der Waals surface area (Å²) in [5.74, 6) is 0.374. The molecule has 2 heterocycles. The summed E-state index contributed by atoms with van der Waals surface area (Å²) < 4.78 is 24.3. The number of amides is 1. The van der Waals surface area contributed by atoms with Gasteiger partial charge in [0, 0.05) is 18.7 Å². The lowest BCUT2D eigenvalue weighted by atomic mass is 9.97. The summed E-state index contributed by atoms with van der Waals surface area (Å²) in [6.45, 7) is 1.07. The van der Waals surface area contributed by atoms with Crippen LogP contribution in [0.4, 0.5) is 4.39 Å². The van der Waals surface area contributed by atoms with Crippen LogP contribution < -0.4 is 4.74 Å². The fraction of sp³-hybridized carbons (Fsp3) is 0.250. The third-order valence-electron chi connectivity index (χ3n) is 4.50. The minimum atomic E-state index is -0.422. The van der Waals surface area contributed by atoms with Gasteiger partial charge in [-0.3, -0.25) is 4.79 Å². The number of halogens is 1. The number of piperidine rings is 1. The number of para-hydroxylation sites is 1. The second-order valence-electron chi connectivity index (χ2n) is 6.43. The molecule has 0 aliphatic carbocycles. The molecule has 6 nitrogen and oxygen atoms in total. The van der Waals surface area contributed by atoms with Crippen molar-refractivity contribution in [3.8, 4) is 11.8 Å². The first-order valence-electron chi connectivity index (χ1n) is 8.80. The zero-order valence-corrected chi connectivity index (χ0v) is 14.5. The SMILES string of the molecule is O=C(c1cccc(F)c1)N1CCC[C@H](c2nc(Oc3ccccc3)no2)C1. The zero-order chi connectivity index (χ0) is 18.6. The first-order chi connectivity index (χ1) is 13.2. The number of hydrogen-bond acceptors (Lipinski definition) is 5. The van der Waals surface area contributed by atoms with Crippen LogP contribution in [-0.4, -0.2) is 34.0 Å². The molecule has 2 aromatic carbocycles. The predicted octanol–water partition coefficient (Wildman–Crippen LogP) is 4.02. The number of likely N-dealkylation sites (tertiary alicyclic amines) is 1. The molecule has 1 aliphatic rings. The van der Waals surface area contributed by atoms with Gasteiger partial charge in [0.15, 0.2) is 0 Å². The number of carbonyl (C=O) groups is 1. The van der Waals surface area contributed by atoms with E-state index in [-0.39, 0.29) is 17.8 Å². The first kappa shape index (κ1) is 17.2. The van der Waals surface area contributed by atoms with Gasteiger partial charge >= 0.3 is 6.01 Å². The van der Waals surface area contributed by atoms with Gasteiger partial charge in [0.05, 0.1) is 5.92 Å². The fourth-order valence-electron chi connectivity index (χ4n) is 3.19. The molecular formula is C20H18FN3O3. The van der Waals surface area contributed by atoms with Crippen LogP contribution in [0.25, 0.3) is 0 Å². The van der Waals surface area contributed by atoms with Gasteiger partial charge in [0.1, 0.15) is 11.6 Å². The maximum Gasteiger partial charge on any atom is 0.359 e. The van der Waals surface area contributed by atoms with E-state index in [0.29, 0.717) is 30.3 Å². The second kappa shape index (κ2) is 7.57. The van der Waals surface area contributed by atoms with Crippen molar-refractivity contribution in [3.63, 3.8) is 0 Å². The molecule has 7 heteroatoms. The summed E-state index contributed by atoms with van der Waals surface area (Å²) in [6.07, 6.45) is 1.64. The highest BCUT2D eigenvalue weighted by atomic mass is 19.1. The van der Waals surface area contributed by atoms with Crippen LogP contribution in [0, 0.1) is 5.82 Å². The Hall–Kier alpha value is -3.22. The predicted molar refractivity (Wildman–Crippen MR) is 95.1 cm³/mol. The van der Waals surface area contributed by atoms with E-state index in [1.54, 1.807) is 23.1 Å². The van der Waals surface area contributed by atoms with Crippen LogP contribution in [0.5, 0.6) is 11.8 Å². The van der Waals surface area contributed by atoms with Crippen molar-refractivity contribution < 1.29 is 18.4 Å². The summed E-state index contributed by atoms with van der Waals surface area (Å²) in [4.78, 5) is 18.7. The van der Waals surface area contributed by atoms with Gasteiger partial charge < -0.3 is 14.2 Å². The normalized spacial score (nSPS) is 16.9. The molecule has 1 fully saturated rings. The Morgan fingerprint density at radius 3 is 2.85 bits per heavy atom. The lowest BCUT2D eigenvalue weighted by Gasteiger charge is -2.31. The van der Waals surface area contributed by atoms with Crippen LogP contribution in [0.1, 0.15) is 35.0 Å². The lowest BCUT2D eigenvalue weighted by molar-refractivity contribution is 0.0695. The Morgan fingerprint density at radius 2 is 2.04 bits per heavy atom. The highest BCUT2D eigenvalue weighted by Crippen LogP contribution is 2.28. The molecule has 138 valence electrons. The van der Waals surface area contributed by atoms with Crippen molar-refractivity contribution in [2.45, 2.75) is 18.8 Å². The quantitative estimate of drug-likeness (QED) is 0.697. The summed E-state index contributed by atoms with van der Waals surface area (Å²) in [6, 6.07) is 15.1. The Labute approximate surface area is 155 Å². The molecule has 0 bridgehead atoms. The van der Waals surface area contributed by atoms with Crippen molar-refractivity contribution in [2.24, 2.45) is 0 Å². The van der Waals surface area contributed by atoms with Crippen molar-refractivity contribution in [1.82, 2.24) is 15.0 Å². The van der Waals surface area contributed by atoms with Gasteiger partial charge in [-0.1, -0.05) is 24.3 Å². The Balaban J connectivity index is 1.45. The molecular weight excluding hydrogens is 349 g/mol. The van der Waals surface area contributed by atoms with Crippen molar-refractivity contribution in [2.75, 3.05) is 13.1 Å². The molecule has 1 amide bonds. The molecule has 1 aromatic heterocycles. The lowest BCUT2D eigenvalue weighted by Crippen LogP contribution is -2.39. The minimum absolute atomic E-state index is 0.0723. The average molecular weight is 367 g/mol. The molecule has 0 N–H and O–H groups in total. The van der Waals surface area contributed by atoms with Gasteiger partial charge in [-0.15, -0.1) is 0 Å². The molecule has 4 rings (SSSR count). The Bertz CT molecular complexity index is 929. The summed E-state index contributed by atoms with van der Waals surface area (Å²) >= 11 is 0. The van der Waals surface area contributed by atoms with Gasteiger partial charge in [0.25, 0.3) is 5.91 Å². The number of carbonyl (C=O) groups excluding carboxylic acids is 1. The molecule has 0 saturated carbocycles. The van der Waals surface area contributed by atoms with Gasteiger partial charge in [0.2, 0.25) is 5.89 Å². The Morgan fingerprint density at radius 1 is 1.19 bits per heavy atom. The van der Waals surface area contributed by atoms with Crippen LogP contribution in [0.3, 0.4) is 0 Å². The molecule has 1 aliphatic heterocycles. The largest absolute Gasteiger partial charge is 0.422 e. The monoisotopic (exact) mass is 367 g/mol. The molecule has 1 atom stereocenters. The average Bonchev–Trinajstić information content (AvgIpc) is 3.17. The van der Waals surface area contributed by atoms with E-state index in [0.717, 1.165) is 12.8 Å². The topological polar surface area (TPSA) is 68.5 Å². The van der Waals surface area contributed by atoms with Gasteiger partial charge in [-0.05, 0) is 48.3 Å². The standard InChI is InChI=1S/C20H18FN3O3/c21-16-8-4-6-14(12-16)19(25)24-11-5-7-15(13-24)18-22-20(23-27-18)26-17-9-2-1-3-10-17/h1-4,6,8-10,12,15H,5,7,11,13H2/t15-/m0/s1. The third kappa shape index (κ3) is 3.97. The summed E-state index contributed by atoms with van der Waals surface area (Å²) in [7, 11) is 0. The van der Waals surface area contributed by atoms with Crippen molar-refractivity contribution in [1.29, 1.82) is 0 Å². The number of rotatable bonds is 4. The van der Waals surface area contributed by atoms with E-state index in [2.05, 4.69) is 10.1 Å². The summed E-state index contributed by atoms with van der Waals surface area (Å²) in [5, 5.41) is 3.86. The highest BCUT2D eigenvalue weighted by molar-refractivity contribution is 5.94. The van der Waals surface area contributed by atoms with Crippen LogP contribution in [0.2, 0.25) is 0 Å². The number of nitrogens with zero attached hydrogens (tertiary/aromatic N) is 3.